The lowest BCUT2D eigenvalue weighted by Crippen LogP contribution is -2.60. The summed E-state index contributed by atoms with van der Waals surface area (Å²) < 4.78 is 58.5. The van der Waals surface area contributed by atoms with Crippen molar-refractivity contribution in [1.82, 2.24) is 0 Å². The first-order valence-electron chi connectivity index (χ1n) is 18.8. The molecule has 0 spiro atoms. The number of carbonyl (C=O) groups is 1. The Morgan fingerprint density at radius 1 is 0.708 bits per heavy atom. The van der Waals surface area contributed by atoms with Crippen molar-refractivity contribution < 1.29 is 56.2 Å². The Balaban J connectivity index is 2.45. The number of rotatable bonds is 32. The maximum absolute atomic E-state index is 12.7. The summed E-state index contributed by atoms with van der Waals surface area (Å²) in [5, 5.41) is 30.4. The van der Waals surface area contributed by atoms with Gasteiger partial charge in [0.05, 0.1) is 19.8 Å². The van der Waals surface area contributed by atoms with Crippen LogP contribution in [0.25, 0.3) is 0 Å². The molecule has 286 valence electrons. The van der Waals surface area contributed by atoms with E-state index in [0.717, 1.165) is 38.5 Å². The van der Waals surface area contributed by atoms with Gasteiger partial charge in [0.25, 0.3) is 0 Å². The molecule has 1 aliphatic rings. The molecule has 0 aliphatic carbocycles. The Labute approximate surface area is 290 Å². The maximum Gasteiger partial charge on any atom is 0.397 e. The monoisotopic (exact) mass is 712 g/mol. The number of esters is 1. The molecule has 0 aromatic carbocycles. The van der Waals surface area contributed by atoms with E-state index in [1.54, 1.807) is 0 Å². The summed E-state index contributed by atoms with van der Waals surface area (Å²) in [5.41, 5.74) is 0. The Morgan fingerprint density at radius 3 is 1.67 bits per heavy atom. The molecule has 0 aromatic heterocycles. The Bertz CT molecular complexity index is 874. The average molecular weight is 713 g/mol. The third-order valence-electron chi connectivity index (χ3n) is 8.73. The second-order valence-corrected chi connectivity index (χ2v) is 14.2. The van der Waals surface area contributed by atoms with Crippen LogP contribution >= 0.6 is 0 Å². The number of hydrogen-bond acceptors (Lipinski definition) is 11. The SMILES string of the molecule is CCCCCCCCCCCCCCCCCC(=O)OC(COCCCCCCCC)COC1OC(CO)C(O)C(OS(=O)(=O)O)C1O. The van der Waals surface area contributed by atoms with Gasteiger partial charge in [-0.25, -0.2) is 4.18 Å². The van der Waals surface area contributed by atoms with Crippen LogP contribution in [0.15, 0.2) is 0 Å². The van der Waals surface area contributed by atoms with E-state index in [4.69, 9.17) is 23.5 Å². The first-order chi connectivity index (χ1) is 23.1. The molecule has 0 saturated carbocycles. The molecule has 0 amide bonds. The minimum absolute atomic E-state index is 0.0410. The van der Waals surface area contributed by atoms with Gasteiger partial charge < -0.3 is 34.3 Å². The van der Waals surface area contributed by atoms with Crippen LogP contribution in [0.2, 0.25) is 0 Å². The number of aliphatic hydroxyl groups is 3. The van der Waals surface area contributed by atoms with Gasteiger partial charge in [-0.15, -0.1) is 0 Å². The molecule has 1 saturated heterocycles. The molecule has 0 radical (unpaired) electrons. The quantitative estimate of drug-likeness (QED) is 0.0354. The normalized spacial score (nSPS) is 22.2. The van der Waals surface area contributed by atoms with E-state index < -0.39 is 59.8 Å². The van der Waals surface area contributed by atoms with Crippen LogP contribution in [0.3, 0.4) is 0 Å². The molecule has 1 aliphatic heterocycles. The molecule has 6 unspecified atom stereocenters. The minimum atomic E-state index is -5.05. The molecule has 4 N–H and O–H groups in total. The largest absolute Gasteiger partial charge is 0.457 e. The second kappa shape index (κ2) is 28.8. The van der Waals surface area contributed by atoms with Crippen molar-refractivity contribution in [1.29, 1.82) is 0 Å². The summed E-state index contributed by atoms with van der Waals surface area (Å²) in [5.74, 6) is -0.400. The summed E-state index contributed by atoms with van der Waals surface area (Å²) in [6.07, 6.45) is 16.0. The molecule has 1 heterocycles. The lowest BCUT2D eigenvalue weighted by atomic mass is 9.99. The zero-order chi connectivity index (χ0) is 35.5. The fraction of sp³-hybridized carbons (Fsp3) is 0.971. The lowest BCUT2D eigenvalue weighted by molar-refractivity contribution is -0.301. The van der Waals surface area contributed by atoms with E-state index in [1.807, 2.05) is 0 Å². The summed E-state index contributed by atoms with van der Waals surface area (Å²) in [6.45, 7) is 3.92. The highest BCUT2D eigenvalue weighted by Gasteiger charge is 2.48. The topological polar surface area (TPSA) is 178 Å². The van der Waals surface area contributed by atoms with Crippen molar-refractivity contribution in [3.05, 3.63) is 0 Å². The lowest BCUT2D eigenvalue weighted by Gasteiger charge is -2.41. The number of carbonyl (C=O) groups excluding carboxylic acids is 1. The van der Waals surface area contributed by atoms with Crippen LogP contribution in [0.4, 0.5) is 0 Å². The van der Waals surface area contributed by atoms with Crippen LogP contribution < -0.4 is 0 Å². The van der Waals surface area contributed by atoms with Crippen molar-refractivity contribution in [2.45, 2.75) is 192 Å². The summed E-state index contributed by atoms with van der Waals surface area (Å²) in [7, 11) is -5.05. The van der Waals surface area contributed by atoms with E-state index in [0.29, 0.717) is 13.0 Å². The molecule has 0 bridgehead atoms. The fourth-order valence-corrected chi connectivity index (χ4v) is 6.36. The Kier molecular flexibility index (Phi) is 27.0. The van der Waals surface area contributed by atoms with Crippen molar-refractivity contribution in [2.24, 2.45) is 0 Å². The van der Waals surface area contributed by atoms with E-state index >= 15 is 0 Å². The highest BCUT2D eigenvalue weighted by atomic mass is 32.3. The zero-order valence-electron chi connectivity index (χ0n) is 29.8. The third-order valence-corrected chi connectivity index (χ3v) is 9.19. The zero-order valence-corrected chi connectivity index (χ0v) is 30.6. The first kappa shape index (κ1) is 45.1. The van der Waals surface area contributed by atoms with Gasteiger partial charge in [0.2, 0.25) is 0 Å². The summed E-state index contributed by atoms with van der Waals surface area (Å²) in [4.78, 5) is 12.7. The van der Waals surface area contributed by atoms with E-state index in [-0.39, 0.29) is 19.6 Å². The Hall–Kier alpha value is -0.900. The van der Waals surface area contributed by atoms with Crippen LogP contribution in [-0.4, -0.2) is 97.5 Å². The maximum atomic E-state index is 12.7. The van der Waals surface area contributed by atoms with Gasteiger partial charge in [0.15, 0.2) is 6.29 Å². The molecule has 1 fully saturated rings. The Morgan fingerprint density at radius 2 is 1.19 bits per heavy atom. The smallest absolute Gasteiger partial charge is 0.397 e. The number of unbranched alkanes of at least 4 members (excludes halogenated alkanes) is 19. The molecule has 6 atom stereocenters. The molecule has 0 aromatic rings. The molecular weight excluding hydrogens is 644 g/mol. The number of aliphatic hydroxyl groups excluding tert-OH is 3. The first-order valence-corrected chi connectivity index (χ1v) is 20.2. The van der Waals surface area contributed by atoms with Gasteiger partial charge in [0.1, 0.15) is 30.5 Å². The molecule has 1 rings (SSSR count). The number of hydrogen-bond donors (Lipinski definition) is 4. The highest BCUT2D eigenvalue weighted by molar-refractivity contribution is 7.80. The molecule has 12 nitrogen and oxygen atoms in total. The van der Waals surface area contributed by atoms with Gasteiger partial charge in [-0.05, 0) is 12.8 Å². The van der Waals surface area contributed by atoms with Gasteiger partial charge in [-0.2, -0.15) is 8.42 Å². The van der Waals surface area contributed by atoms with Crippen molar-refractivity contribution in [3.63, 3.8) is 0 Å². The van der Waals surface area contributed by atoms with Crippen LogP contribution in [0, 0.1) is 0 Å². The van der Waals surface area contributed by atoms with Crippen molar-refractivity contribution in [3.8, 4) is 0 Å². The minimum Gasteiger partial charge on any atom is -0.457 e. The van der Waals surface area contributed by atoms with Gasteiger partial charge in [-0.1, -0.05) is 136 Å². The average Bonchev–Trinajstić information content (AvgIpc) is 3.05. The van der Waals surface area contributed by atoms with Crippen LogP contribution in [0.1, 0.15) is 155 Å². The summed E-state index contributed by atoms with van der Waals surface area (Å²) in [6, 6.07) is 0. The highest BCUT2D eigenvalue weighted by Crippen LogP contribution is 2.26. The third kappa shape index (κ3) is 22.7. The van der Waals surface area contributed by atoms with Gasteiger partial charge in [-0.3, -0.25) is 9.35 Å². The van der Waals surface area contributed by atoms with Gasteiger partial charge >= 0.3 is 16.4 Å². The second-order valence-electron chi connectivity index (χ2n) is 13.2. The van der Waals surface area contributed by atoms with Crippen molar-refractivity contribution in [2.75, 3.05) is 26.4 Å². The van der Waals surface area contributed by atoms with Gasteiger partial charge in [0, 0.05) is 13.0 Å². The predicted molar refractivity (Wildman–Crippen MR) is 184 cm³/mol. The standard InChI is InChI=1S/C35H68O12S/c1-3-5-7-9-11-12-13-14-15-16-17-18-19-20-22-24-31(37)45-29(27-43-25-23-21-10-8-6-4-2)28-44-35-33(39)34(47-48(40,41)42)32(38)30(26-36)46-35/h29-30,32-36,38-39H,3-28H2,1-2H3,(H,40,41,42). The number of ether oxygens (including phenoxy) is 4. The van der Waals surface area contributed by atoms with Crippen LogP contribution in [-0.2, 0) is 38.3 Å². The molecule has 48 heavy (non-hydrogen) atoms. The molecule has 13 heteroatoms. The van der Waals surface area contributed by atoms with E-state index in [1.165, 1.54) is 89.9 Å². The molecular formula is C35H68O12S. The van der Waals surface area contributed by atoms with Crippen molar-refractivity contribution >= 4 is 16.4 Å². The van der Waals surface area contributed by atoms with Crippen LogP contribution in [0.5, 0.6) is 0 Å². The van der Waals surface area contributed by atoms with E-state index in [9.17, 15) is 28.5 Å². The van der Waals surface area contributed by atoms with E-state index in [2.05, 4.69) is 18.0 Å². The predicted octanol–water partition coefficient (Wildman–Crippen LogP) is 6.18. The fourth-order valence-electron chi connectivity index (χ4n) is 5.85. The summed E-state index contributed by atoms with van der Waals surface area (Å²) >= 11 is 0.